The molecule has 0 aliphatic carbocycles. The van der Waals surface area contributed by atoms with Crippen LogP contribution in [0, 0.1) is 0 Å². The van der Waals surface area contributed by atoms with Crippen LogP contribution in [-0.2, 0) is 0 Å². The number of aliphatic imine (C=N–C) groups is 1. The molecule has 0 atom stereocenters. The van der Waals surface area contributed by atoms with Gasteiger partial charge in [-0.05, 0) is 31.0 Å². The topological polar surface area (TPSA) is 77.1 Å². The lowest BCUT2D eigenvalue weighted by Crippen LogP contribution is -1.91. The maximum absolute atomic E-state index is 5.58. The van der Waals surface area contributed by atoms with E-state index in [1.165, 1.54) is 11.3 Å². The van der Waals surface area contributed by atoms with Gasteiger partial charge < -0.3 is 4.42 Å². The van der Waals surface area contributed by atoms with E-state index in [4.69, 9.17) is 9.40 Å². The van der Waals surface area contributed by atoms with Crippen LogP contribution in [0.2, 0.25) is 0 Å². The number of allylic oxidation sites excluding steroid dienone is 2. The van der Waals surface area contributed by atoms with Crippen molar-refractivity contribution in [2.75, 3.05) is 0 Å². The van der Waals surface area contributed by atoms with E-state index in [1.807, 2.05) is 24.3 Å². The molecule has 0 fully saturated rings. The fourth-order valence-corrected chi connectivity index (χ4v) is 3.35. The minimum absolute atomic E-state index is 0.608. The molecular weight excluding hydrogens is 346 g/mol. The van der Waals surface area contributed by atoms with Crippen LogP contribution < -0.4 is 0 Å². The summed E-state index contributed by atoms with van der Waals surface area (Å²) in [5, 5.41) is 10.9. The Labute approximate surface area is 153 Å². The summed E-state index contributed by atoms with van der Waals surface area (Å²) in [7, 11) is 0. The average Bonchev–Trinajstić information content (AvgIpc) is 3.35. The van der Waals surface area contributed by atoms with Gasteiger partial charge in [-0.1, -0.05) is 24.0 Å². The lowest BCUT2D eigenvalue weighted by Gasteiger charge is -2.04. The number of furan rings is 1. The number of fused-ring (bicyclic) bond motifs is 1. The highest BCUT2D eigenvalue weighted by Gasteiger charge is 2.17. The molecule has 0 aromatic carbocycles. The quantitative estimate of drug-likeness (QED) is 0.383. The van der Waals surface area contributed by atoms with Crippen LogP contribution in [0.25, 0.3) is 37.9 Å². The van der Waals surface area contributed by atoms with Crippen molar-refractivity contribution in [1.82, 2.24) is 20.2 Å². The fraction of sp³-hybridized carbons (Fsp3) is 0. The summed E-state index contributed by atoms with van der Waals surface area (Å²) in [5.74, 6) is 0. The monoisotopic (exact) mass is 359 g/mol. The van der Waals surface area contributed by atoms with Crippen LogP contribution in [0.5, 0.6) is 0 Å². The van der Waals surface area contributed by atoms with Gasteiger partial charge in [0.15, 0.2) is 5.01 Å². The van der Waals surface area contributed by atoms with E-state index >= 15 is 0 Å². The lowest BCUT2D eigenvalue weighted by molar-refractivity contribution is 0.615. The van der Waals surface area contributed by atoms with Gasteiger partial charge in [-0.25, -0.2) is 4.98 Å². The Morgan fingerprint density at radius 3 is 2.88 bits per heavy atom. The van der Waals surface area contributed by atoms with E-state index in [2.05, 4.69) is 33.5 Å². The molecule has 0 spiro atoms. The Balaban J connectivity index is 1.87. The van der Waals surface area contributed by atoms with E-state index in [0.717, 1.165) is 16.0 Å². The number of hydrogen-bond acceptors (Lipinski definition) is 7. The summed E-state index contributed by atoms with van der Waals surface area (Å²) in [6.45, 7) is 7.30. The highest BCUT2D eigenvalue weighted by molar-refractivity contribution is 7.18. The first-order valence-corrected chi connectivity index (χ1v) is 8.54. The van der Waals surface area contributed by atoms with Gasteiger partial charge in [0.25, 0.3) is 0 Å². The van der Waals surface area contributed by atoms with E-state index in [-0.39, 0.29) is 0 Å². The number of rotatable bonds is 5. The number of hydrogen-bond donors (Lipinski definition) is 0. The molecule has 0 unspecified atom stereocenters. The molecule has 4 aromatic heterocycles. The Kier molecular flexibility index (Phi) is 4.20. The first-order valence-electron chi connectivity index (χ1n) is 7.72. The normalized spacial score (nSPS) is 11.6. The van der Waals surface area contributed by atoms with Gasteiger partial charge >= 0.3 is 0 Å². The second-order valence-corrected chi connectivity index (χ2v) is 6.27. The van der Waals surface area contributed by atoms with Gasteiger partial charge in [0, 0.05) is 29.4 Å². The predicted molar refractivity (Wildman–Crippen MR) is 104 cm³/mol. The van der Waals surface area contributed by atoms with Crippen molar-refractivity contribution in [3.05, 3.63) is 67.3 Å². The molecule has 0 saturated heterocycles. The van der Waals surface area contributed by atoms with Gasteiger partial charge in [0.2, 0.25) is 0 Å². The van der Waals surface area contributed by atoms with Gasteiger partial charge in [0.05, 0.1) is 17.7 Å². The highest BCUT2D eigenvalue weighted by Crippen LogP contribution is 2.34. The van der Waals surface area contributed by atoms with Crippen LogP contribution in [0.3, 0.4) is 0 Å². The Morgan fingerprint density at radius 2 is 2.12 bits per heavy atom. The zero-order chi connectivity index (χ0) is 17.9. The molecule has 7 heteroatoms. The van der Waals surface area contributed by atoms with Crippen molar-refractivity contribution in [1.29, 1.82) is 0 Å². The number of pyridine rings is 2. The van der Waals surface area contributed by atoms with E-state index in [1.54, 1.807) is 30.8 Å². The van der Waals surface area contributed by atoms with Crippen molar-refractivity contribution < 1.29 is 4.42 Å². The summed E-state index contributed by atoms with van der Waals surface area (Å²) in [6.07, 6.45) is 8.49. The van der Waals surface area contributed by atoms with Gasteiger partial charge in [0.1, 0.15) is 16.3 Å². The molecular formula is C19H13N5OS. The maximum Gasteiger partial charge on any atom is 0.167 e. The summed E-state index contributed by atoms with van der Waals surface area (Å²) in [4.78, 5) is 12.9. The predicted octanol–water partition coefficient (Wildman–Crippen LogP) is 4.64. The third kappa shape index (κ3) is 2.84. The largest absolute Gasteiger partial charge is 0.464 e. The maximum atomic E-state index is 5.58. The summed E-state index contributed by atoms with van der Waals surface area (Å²) >= 11 is 1.45. The first kappa shape index (κ1) is 16.0. The standard InChI is InChI=1S/C19H13N5OS/c1-3-5-14(20-2)15-10-16-13(7-9-25-16)17(22-15)19-24-23-18(26-19)12-6-4-8-21-11-12/h3-11H,1-2H2/b14-5-. The highest BCUT2D eigenvalue weighted by atomic mass is 32.1. The van der Waals surface area contributed by atoms with Crippen LogP contribution in [0.1, 0.15) is 5.69 Å². The molecule has 6 nitrogen and oxygen atoms in total. The van der Waals surface area contributed by atoms with Crippen molar-refractivity contribution in [2.45, 2.75) is 0 Å². The van der Waals surface area contributed by atoms with E-state index in [9.17, 15) is 0 Å². The summed E-state index contributed by atoms with van der Waals surface area (Å²) < 4.78 is 5.58. The molecule has 0 radical (unpaired) electrons. The molecule has 26 heavy (non-hydrogen) atoms. The minimum atomic E-state index is 0.608. The number of nitrogens with zero attached hydrogens (tertiary/aromatic N) is 5. The third-order valence-corrected chi connectivity index (χ3v) is 4.67. The molecule has 0 amide bonds. The van der Waals surface area contributed by atoms with Gasteiger partial charge in [-0.3, -0.25) is 9.98 Å². The van der Waals surface area contributed by atoms with Crippen molar-refractivity contribution in [3.63, 3.8) is 0 Å². The fourth-order valence-electron chi connectivity index (χ4n) is 2.52. The summed E-state index contributed by atoms with van der Waals surface area (Å²) in [5.41, 5.74) is 3.54. The smallest absolute Gasteiger partial charge is 0.167 e. The molecule has 4 heterocycles. The average molecular weight is 359 g/mol. The molecule has 0 aliphatic heterocycles. The molecule has 4 aromatic rings. The van der Waals surface area contributed by atoms with Crippen LogP contribution >= 0.6 is 11.3 Å². The first-order chi connectivity index (χ1) is 12.8. The van der Waals surface area contributed by atoms with Crippen molar-refractivity contribution in [3.8, 4) is 21.3 Å². The summed E-state index contributed by atoms with van der Waals surface area (Å²) in [6, 6.07) is 7.50. The molecule has 0 saturated carbocycles. The molecule has 4 rings (SSSR count). The number of aromatic nitrogens is 4. The zero-order valence-corrected chi connectivity index (χ0v) is 14.5. The third-order valence-electron chi connectivity index (χ3n) is 3.69. The Hall–Kier alpha value is -3.45. The SMILES string of the molecule is C=C/C=C(\N=C)c1cc2occc2c(-c2nnc(-c3cccnc3)s2)n1. The zero-order valence-electron chi connectivity index (χ0n) is 13.7. The second kappa shape index (κ2) is 6.81. The Morgan fingerprint density at radius 1 is 1.23 bits per heavy atom. The van der Waals surface area contributed by atoms with Crippen LogP contribution in [0.4, 0.5) is 0 Å². The Bertz CT molecular complexity index is 1130. The van der Waals surface area contributed by atoms with E-state index in [0.29, 0.717) is 27.7 Å². The van der Waals surface area contributed by atoms with Gasteiger partial charge in [-0.15, -0.1) is 10.2 Å². The molecule has 0 bridgehead atoms. The van der Waals surface area contributed by atoms with Gasteiger partial charge in [-0.2, -0.15) is 0 Å². The van der Waals surface area contributed by atoms with Crippen LogP contribution in [-0.4, -0.2) is 26.9 Å². The van der Waals surface area contributed by atoms with E-state index < -0.39 is 0 Å². The lowest BCUT2D eigenvalue weighted by atomic mass is 10.2. The molecule has 126 valence electrons. The molecule has 0 N–H and O–H groups in total. The van der Waals surface area contributed by atoms with Crippen molar-refractivity contribution >= 4 is 34.7 Å². The minimum Gasteiger partial charge on any atom is -0.464 e. The molecule has 0 aliphatic rings. The van der Waals surface area contributed by atoms with Crippen molar-refractivity contribution in [2.24, 2.45) is 4.99 Å². The second-order valence-electron chi connectivity index (χ2n) is 5.29. The van der Waals surface area contributed by atoms with Crippen LogP contribution in [0.15, 0.2) is 71.1 Å².